The Labute approximate surface area is 130 Å². The van der Waals surface area contributed by atoms with Gasteiger partial charge in [-0.15, -0.1) is 0 Å². The lowest BCUT2D eigenvalue weighted by atomic mass is 9.96. The van der Waals surface area contributed by atoms with E-state index in [0.717, 1.165) is 38.9 Å². The predicted octanol–water partition coefficient (Wildman–Crippen LogP) is 4.19. The summed E-state index contributed by atoms with van der Waals surface area (Å²) in [6.45, 7) is 10.9. The van der Waals surface area contributed by atoms with Crippen molar-refractivity contribution in [3.63, 3.8) is 0 Å². The Kier molecular flexibility index (Phi) is 6.97. The van der Waals surface area contributed by atoms with E-state index in [2.05, 4.69) is 27.7 Å². The van der Waals surface area contributed by atoms with Crippen LogP contribution >= 0.6 is 0 Å². The predicted molar refractivity (Wildman–Crippen MR) is 85.5 cm³/mol. The zero-order valence-corrected chi connectivity index (χ0v) is 14.3. The molecule has 2 heterocycles. The van der Waals surface area contributed by atoms with E-state index in [1.807, 2.05) is 0 Å². The molecular weight excluding hydrogens is 264 g/mol. The van der Waals surface area contributed by atoms with Crippen LogP contribution in [-0.2, 0) is 14.2 Å². The summed E-state index contributed by atoms with van der Waals surface area (Å²) < 4.78 is 18.4. The minimum Gasteiger partial charge on any atom is -0.376 e. The molecule has 0 aromatic carbocycles. The van der Waals surface area contributed by atoms with Gasteiger partial charge in [0.05, 0.1) is 24.4 Å². The van der Waals surface area contributed by atoms with Crippen LogP contribution in [0.1, 0.15) is 66.2 Å². The van der Waals surface area contributed by atoms with E-state index in [1.165, 1.54) is 12.8 Å². The summed E-state index contributed by atoms with van der Waals surface area (Å²) in [6.07, 6.45) is 7.90. The molecule has 0 radical (unpaired) electrons. The smallest absolute Gasteiger partial charge is 0.0844 e. The first kappa shape index (κ1) is 17.2. The van der Waals surface area contributed by atoms with Crippen molar-refractivity contribution in [2.75, 3.05) is 13.2 Å². The van der Waals surface area contributed by atoms with Crippen LogP contribution in [0.5, 0.6) is 0 Å². The zero-order valence-electron chi connectivity index (χ0n) is 14.3. The van der Waals surface area contributed by atoms with E-state index in [0.29, 0.717) is 24.0 Å². The molecule has 0 aliphatic carbocycles. The molecule has 21 heavy (non-hydrogen) atoms. The number of hydrogen-bond acceptors (Lipinski definition) is 3. The summed E-state index contributed by atoms with van der Waals surface area (Å²) in [4.78, 5) is 0. The molecule has 2 saturated heterocycles. The van der Waals surface area contributed by atoms with E-state index in [1.54, 1.807) is 0 Å². The quantitative estimate of drug-likeness (QED) is 0.672. The third kappa shape index (κ3) is 5.54. The van der Waals surface area contributed by atoms with Crippen molar-refractivity contribution in [3.05, 3.63) is 0 Å². The lowest BCUT2D eigenvalue weighted by Gasteiger charge is -2.33. The SMILES string of the molecule is CC(C)CC(OC(CC(C)C)C1CCCO1)C1CCCO1. The molecule has 0 aromatic rings. The molecule has 0 aromatic heterocycles. The van der Waals surface area contributed by atoms with Gasteiger partial charge < -0.3 is 14.2 Å². The molecule has 4 unspecified atom stereocenters. The second-order valence-electron chi connectivity index (χ2n) is 7.58. The molecular formula is C18H34O3. The van der Waals surface area contributed by atoms with Gasteiger partial charge in [0.15, 0.2) is 0 Å². The molecule has 124 valence electrons. The first-order valence-electron chi connectivity index (χ1n) is 8.95. The Morgan fingerprint density at radius 1 is 0.810 bits per heavy atom. The maximum Gasteiger partial charge on any atom is 0.0844 e. The van der Waals surface area contributed by atoms with Gasteiger partial charge in [0.1, 0.15) is 0 Å². The van der Waals surface area contributed by atoms with E-state index in [4.69, 9.17) is 14.2 Å². The highest BCUT2D eigenvalue weighted by Gasteiger charge is 2.34. The Balaban J connectivity index is 1.98. The van der Waals surface area contributed by atoms with Crippen molar-refractivity contribution in [3.8, 4) is 0 Å². The molecule has 0 N–H and O–H groups in total. The van der Waals surface area contributed by atoms with Crippen molar-refractivity contribution < 1.29 is 14.2 Å². The summed E-state index contributed by atoms with van der Waals surface area (Å²) >= 11 is 0. The second kappa shape index (κ2) is 8.50. The molecule has 0 saturated carbocycles. The molecule has 2 aliphatic heterocycles. The van der Waals surface area contributed by atoms with Crippen LogP contribution in [0.15, 0.2) is 0 Å². The normalized spacial score (nSPS) is 29.4. The summed E-state index contributed by atoms with van der Waals surface area (Å²) in [5.41, 5.74) is 0. The maximum atomic E-state index is 6.59. The largest absolute Gasteiger partial charge is 0.376 e. The molecule has 2 fully saturated rings. The fraction of sp³-hybridized carbons (Fsp3) is 1.00. The van der Waals surface area contributed by atoms with Gasteiger partial charge in [-0.25, -0.2) is 0 Å². The highest BCUT2D eigenvalue weighted by Crippen LogP contribution is 2.29. The van der Waals surface area contributed by atoms with Crippen LogP contribution < -0.4 is 0 Å². The van der Waals surface area contributed by atoms with Crippen LogP contribution in [0.2, 0.25) is 0 Å². The van der Waals surface area contributed by atoms with Crippen molar-refractivity contribution in [2.45, 2.75) is 90.6 Å². The highest BCUT2D eigenvalue weighted by molar-refractivity contribution is 4.82. The van der Waals surface area contributed by atoms with E-state index >= 15 is 0 Å². The van der Waals surface area contributed by atoms with Crippen molar-refractivity contribution in [2.24, 2.45) is 11.8 Å². The van der Waals surface area contributed by atoms with Crippen LogP contribution in [0.3, 0.4) is 0 Å². The average molecular weight is 298 g/mol. The lowest BCUT2D eigenvalue weighted by Crippen LogP contribution is -2.39. The molecule has 0 amide bonds. The average Bonchev–Trinajstić information content (AvgIpc) is 3.09. The second-order valence-corrected chi connectivity index (χ2v) is 7.58. The zero-order chi connectivity index (χ0) is 15.2. The minimum atomic E-state index is 0.237. The molecule has 4 atom stereocenters. The van der Waals surface area contributed by atoms with E-state index in [9.17, 15) is 0 Å². The van der Waals surface area contributed by atoms with Gasteiger partial charge in [-0.2, -0.15) is 0 Å². The van der Waals surface area contributed by atoms with Crippen molar-refractivity contribution >= 4 is 0 Å². The minimum absolute atomic E-state index is 0.237. The van der Waals surface area contributed by atoms with Crippen LogP contribution in [0, 0.1) is 11.8 Å². The third-order valence-corrected chi connectivity index (χ3v) is 4.52. The number of ether oxygens (including phenoxy) is 3. The first-order valence-corrected chi connectivity index (χ1v) is 8.95. The van der Waals surface area contributed by atoms with Gasteiger partial charge in [0.2, 0.25) is 0 Å². The Morgan fingerprint density at radius 2 is 1.24 bits per heavy atom. The fourth-order valence-corrected chi connectivity index (χ4v) is 3.54. The number of hydrogen-bond donors (Lipinski definition) is 0. The molecule has 2 rings (SSSR count). The monoisotopic (exact) mass is 298 g/mol. The van der Waals surface area contributed by atoms with Gasteiger partial charge in [-0.1, -0.05) is 27.7 Å². The molecule has 2 aliphatic rings. The van der Waals surface area contributed by atoms with Crippen molar-refractivity contribution in [1.29, 1.82) is 0 Å². The van der Waals surface area contributed by atoms with Gasteiger partial charge in [0.25, 0.3) is 0 Å². The summed E-state index contributed by atoms with van der Waals surface area (Å²) in [7, 11) is 0. The highest BCUT2D eigenvalue weighted by atomic mass is 16.6. The van der Waals surface area contributed by atoms with Gasteiger partial charge >= 0.3 is 0 Å². The topological polar surface area (TPSA) is 27.7 Å². The van der Waals surface area contributed by atoms with E-state index < -0.39 is 0 Å². The summed E-state index contributed by atoms with van der Waals surface area (Å²) in [6, 6.07) is 0. The van der Waals surface area contributed by atoms with Crippen molar-refractivity contribution in [1.82, 2.24) is 0 Å². The molecule has 3 heteroatoms. The van der Waals surface area contributed by atoms with Crippen LogP contribution in [-0.4, -0.2) is 37.6 Å². The van der Waals surface area contributed by atoms with Crippen LogP contribution in [0.25, 0.3) is 0 Å². The summed E-state index contributed by atoms with van der Waals surface area (Å²) in [5.74, 6) is 1.28. The molecule has 0 bridgehead atoms. The number of rotatable bonds is 8. The molecule has 3 nitrogen and oxygen atoms in total. The van der Waals surface area contributed by atoms with Gasteiger partial charge in [-0.05, 0) is 50.4 Å². The Morgan fingerprint density at radius 3 is 1.52 bits per heavy atom. The Hall–Kier alpha value is -0.120. The molecule has 0 spiro atoms. The Bertz CT molecular complexity index is 250. The lowest BCUT2D eigenvalue weighted by molar-refractivity contribution is -0.133. The standard InChI is InChI=1S/C18H34O3/c1-13(2)11-17(15-7-5-9-19-15)21-18(12-14(3)4)16-8-6-10-20-16/h13-18H,5-12H2,1-4H3. The fourth-order valence-electron chi connectivity index (χ4n) is 3.54. The van der Waals surface area contributed by atoms with Crippen LogP contribution in [0.4, 0.5) is 0 Å². The summed E-state index contributed by atoms with van der Waals surface area (Å²) in [5, 5.41) is 0. The maximum absolute atomic E-state index is 6.59. The third-order valence-electron chi connectivity index (χ3n) is 4.52. The first-order chi connectivity index (χ1) is 10.1. The van der Waals surface area contributed by atoms with Gasteiger partial charge in [0, 0.05) is 13.2 Å². The van der Waals surface area contributed by atoms with E-state index in [-0.39, 0.29) is 12.2 Å². The van der Waals surface area contributed by atoms with Gasteiger partial charge in [-0.3, -0.25) is 0 Å².